The minimum atomic E-state index is 0.0739. The molecule has 1 aromatic carbocycles. The number of benzene rings is 1. The lowest BCUT2D eigenvalue weighted by molar-refractivity contribution is 0.0778. The van der Waals surface area contributed by atoms with Gasteiger partial charge in [-0.3, -0.25) is 9.79 Å². The molecule has 0 saturated carbocycles. The molecule has 3 rings (SSSR count). The predicted molar refractivity (Wildman–Crippen MR) is 67.9 cm³/mol. The lowest BCUT2D eigenvalue weighted by Crippen LogP contribution is -2.35. The maximum atomic E-state index is 12.4. The molecule has 3 heteroatoms. The largest absolute Gasteiger partial charge is 0.326 e. The molecule has 2 aliphatic heterocycles. The Kier molecular flexibility index (Phi) is 2.15. The van der Waals surface area contributed by atoms with Gasteiger partial charge in [0.05, 0.1) is 17.3 Å². The monoisotopic (exact) mass is 226 g/mol. The SMILES string of the molecule is C=C1CC2C=Nc3ccc(C)cc3C(=O)N2C1. The van der Waals surface area contributed by atoms with Crippen molar-refractivity contribution < 1.29 is 4.79 Å². The van der Waals surface area contributed by atoms with Crippen LogP contribution in [-0.4, -0.2) is 29.6 Å². The van der Waals surface area contributed by atoms with Crippen molar-refractivity contribution in [2.75, 3.05) is 6.54 Å². The lowest BCUT2D eigenvalue weighted by atomic mass is 10.1. The van der Waals surface area contributed by atoms with E-state index in [4.69, 9.17) is 0 Å². The van der Waals surface area contributed by atoms with Gasteiger partial charge in [-0.25, -0.2) is 0 Å². The van der Waals surface area contributed by atoms with E-state index in [0.29, 0.717) is 12.1 Å². The molecule has 2 heterocycles. The second-order valence-electron chi connectivity index (χ2n) is 4.75. The summed E-state index contributed by atoms with van der Waals surface area (Å²) in [6, 6.07) is 5.90. The Bertz CT molecular complexity index is 545. The average molecular weight is 226 g/mol. The van der Waals surface area contributed by atoms with Gasteiger partial charge in [-0.05, 0) is 25.5 Å². The zero-order valence-corrected chi connectivity index (χ0v) is 9.81. The van der Waals surface area contributed by atoms with Crippen LogP contribution in [0.25, 0.3) is 0 Å². The van der Waals surface area contributed by atoms with E-state index < -0.39 is 0 Å². The van der Waals surface area contributed by atoms with E-state index in [1.165, 1.54) is 0 Å². The molecule has 1 fully saturated rings. The van der Waals surface area contributed by atoms with E-state index in [0.717, 1.165) is 23.2 Å². The summed E-state index contributed by atoms with van der Waals surface area (Å²) in [7, 11) is 0. The molecule has 1 saturated heterocycles. The Labute approximate surface area is 100 Å². The van der Waals surface area contributed by atoms with Gasteiger partial charge in [0.25, 0.3) is 5.91 Å². The molecule has 3 nitrogen and oxygen atoms in total. The van der Waals surface area contributed by atoms with E-state index in [2.05, 4.69) is 11.6 Å². The maximum absolute atomic E-state index is 12.4. The van der Waals surface area contributed by atoms with E-state index in [1.54, 1.807) is 0 Å². The molecule has 1 atom stereocenters. The highest BCUT2D eigenvalue weighted by molar-refractivity contribution is 6.03. The van der Waals surface area contributed by atoms with Gasteiger partial charge in [-0.1, -0.05) is 23.8 Å². The van der Waals surface area contributed by atoms with E-state index in [1.807, 2.05) is 36.2 Å². The fourth-order valence-electron chi connectivity index (χ4n) is 2.44. The van der Waals surface area contributed by atoms with Crippen molar-refractivity contribution in [2.45, 2.75) is 19.4 Å². The summed E-state index contributed by atoms with van der Waals surface area (Å²) in [6.07, 6.45) is 2.71. The first kappa shape index (κ1) is 10.3. The zero-order valence-electron chi connectivity index (χ0n) is 9.81. The lowest BCUT2D eigenvalue weighted by Gasteiger charge is -2.19. The number of aryl methyl sites for hydroxylation is 1. The number of aliphatic imine (C=N–C) groups is 1. The molecule has 86 valence electrons. The number of fused-ring (bicyclic) bond motifs is 2. The van der Waals surface area contributed by atoms with Crippen molar-refractivity contribution in [1.82, 2.24) is 4.90 Å². The number of nitrogens with zero attached hydrogens (tertiary/aromatic N) is 2. The minimum absolute atomic E-state index is 0.0739. The fraction of sp³-hybridized carbons (Fsp3) is 0.286. The molecule has 0 aromatic heterocycles. The second kappa shape index (κ2) is 3.55. The van der Waals surface area contributed by atoms with Crippen LogP contribution in [0.15, 0.2) is 35.3 Å². The average Bonchev–Trinajstić information content (AvgIpc) is 2.62. The van der Waals surface area contributed by atoms with Crippen LogP contribution >= 0.6 is 0 Å². The molecule has 0 radical (unpaired) electrons. The number of hydrogen-bond acceptors (Lipinski definition) is 2. The summed E-state index contributed by atoms with van der Waals surface area (Å²) in [5.74, 6) is 0.0739. The van der Waals surface area contributed by atoms with Gasteiger partial charge in [0.2, 0.25) is 0 Å². The molecule has 1 aromatic rings. The summed E-state index contributed by atoms with van der Waals surface area (Å²) in [5, 5.41) is 0. The second-order valence-corrected chi connectivity index (χ2v) is 4.75. The van der Waals surface area contributed by atoms with Crippen molar-refractivity contribution in [3.63, 3.8) is 0 Å². The molecule has 0 N–H and O–H groups in total. The Balaban J connectivity index is 2.11. The topological polar surface area (TPSA) is 32.7 Å². The Morgan fingerprint density at radius 2 is 2.29 bits per heavy atom. The predicted octanol–water partition coefficient (Wildman–Crippen LogP) is 2.48. The molecule has 1 amide bonds. The normalized spacial score (nSPS) is 22.4. The van der Waals surface area contributed by atoms with Crippen LogP contribution in [0.5, 0.6) is 0 Å². The van der Waals surface area contributed by atoms with Crippen molar-refractivity contribution >= 4 is 17.8 Å². The van der Waals surface area contributed by atoms with Crippen molar-refractivity contribution in [3.8, 4) is 0 Å². The standard InChI is InChI=1S/C14H14N2O/c1-9-3-4-13-12(6-9)14(17)16-8-10(2)5-11(16)7-15-13/h3-4,6-7,11H,2,5,8H2,1H3. The Hall–Kier alpha value is -1.90. The molecule has 0 spiro atoms. The highest BCUT2D eigenvalue weighted by Gasteiger charge is 2.33. The molecule has 17 heavy (non-hydrogen) atoms. The highest BCUT2D eigenvalue weighted by Crippen LogP contribution is 2.30. The third-order valence-corrected chi connectivity index (χ3v) is 3.32. The van der Waals surface area contributed by atoms with E-state index in [-0.39, 0.29) is 11.9 Å². The number of rotatable bonds is 0. The van der Waals surface area contributed by atoms with Gasteiger partial charge >= 0.3 is 0 Å². The Morgan fingerprint density at radius 1 is 1.47 bits per heavy atom. The molecule has 2 aliphatic rings. The molecule has 0 bridgehead atoms. The van der Waals surface area contributed by atoms with Crippen molar-refractivity contribution in [1.29, 1.82) is 0 Å². The van der Waals surface area contributed by atoms with Crippen LogP contribution in [0.1, 0.15) is 22.3 Å². The van der Waals surface area contributed by atoms with E-state index in [9.17, 15) is 4.79 Å². The van der Waals surface area contributed by atoms with Gasteiger partial charge in [0.15, 0.2) is 0 Å². The van der Waals surface area contributed by atoms with Crippen LogP contribution in [0.2, 0.25) is 0 Å². The number of amides is 1. The van der Waals surface area contributed by atoms with Crippen LogP contribution in [0.4, 0.5) is 5.69 Å². The molecular weight excluding hydrogens is 212 g/mol. The third kappa shape index (κ3) is 1.58. The van der Waals surface area contributed by atoms with Crippen LogP contribution < -0.4 is 0 Å². The maximum Gasteiger partial charge on any atom is 0.256 e. The van der Waals surface area contributed by atoms with Crippen LogP contribution in [-0.2, 0) is 0 Å². The molecule has 1 unspecified atom stereocenters. The highest BCUT2D eigenvalue weighted by atomic mass is 16.2. The minimum Gasteiger partial charge on any atom is -0.326 e. The number of carbonyl (C=O) groups excluding carboxylic acids is 1. The third-order valence-electron chi connectivity index (χ3n) is 3.32. The van der Waals surface area contributed by atoms with Crippen molar-refractivity contribution in [2.24, 2.45) is 4.99 Å². The fourth-order valence-corrected chi connectivity index (χ4v) is 2.44. The quantitative estimate of drug-likeness (QED) is 0.625. The smallest absolute Gasteiger partial charge is 0.256 e. The Morgan fingerprint density at radius 3 is 3.12 bits per heavy atom. The van der Waals surface area contributed by atoms with Gasteiger partial charge < -0.3 is 4.90 Å². The molecule has 0 aliphatic carbocycles. The first-order valence-corrected chi connectivity index (χ1v) is 5.77. The van der Waals surface area contributed by atoms with Gasteiger partial charge in [0.1, 0.15) is 0 Å². The first-order valence-electron chi connectivity index (χ1n) is 5.77. The zero-order chi connectivity index (χ0) is 12.0. The summed E-state index contributed by atoms with van der Waals surface area (Å²) in [6.45, 7) is 6.61. The van der Waals surface area contributed by atoms with Gasteiger partial charge in [-0.15, -0.1) is 0 Å². The van der Waals surface area contributed by atoms with Crippen molar-refractivity contribution in [3.05, 3.63) is 41.5 Å². The summed E-state index contributed by atoms with van der Waals surface area (Å²) < 4.78 is 0. The van der Waals surface area contributed by atoms with Crippen LogP contribution in [0, 0.1) is 6.92 Å². The van der Waals surface area contributed by atoms with E-state index >= 15 is 0 Å². The molecular formula is C14H14N2O. The number of carbonyl (C=O) groups is 1. The number of hydrogen-bond donors (Lipinski definition) is 0. The van der Waals surface area contributed by atoms with Gasteiger partial charge in [-0.2, -0.15) is 0 Å². The summed E-state index contributed by atoms with van der Waals surface area (Å²) in [5.41, 5.74) is 3.67. The van der Waals surface area contributed by atoms with Crippen LogP contribution in [0.3, 0.4) is 0 Å². The summed E-state index contributed by atoms with van der Waals surface area (Å²) in [4.78, 5) is 18.7. The first-order chi connectivity index (χ1) is 8.15. The van der Waals surface area contributed by atoms with Gasteiger partial charge in [0, 0.05) is 12.8 Å². The summed E-state index contributed by atoms with van der Waals surface area (Å²) >= 11 is 0.